The molecule has 0 aromatic heterocycles. The maximum atomic E-state index is 10.6. The van der Waals surface area contributed by atoms with Crippen LogP contribution in [0.5, 0.6) is 0 Å². The molecule has 1 unspecified atom stereocenters. The van der Waals surface area contributed by atoms with Crippen LogP contribution in [0.15, 0.2) is 0 Å². The minimum absolute atomic E-state index is 0. The Hall–Kier alpha value is 0.774. The summed E-state index contributed by atoms with van der Waals surface area (Å²) in [5, 5.41) is 0. The molecule has 0 amide bonds. The van der Waals surface area contributed by atoms with Crippen molar-refractivity contribution in [1.82, 2.24) is 0 Å². The molecule has 1 nitrogen and oxygen atoms in total. The van der Waals surface area contributed by atoms with Crippen molar-refractivity contribution in [2.75, 3.05) is 0 Å². The molecule has 0 N–H and O–H groups in total. The van der Waals surface area contributed by atoms with Crippen LogP contribution in [-0.2, 0) is 37.5 Å². The first-order valence-corrected chi connectivity index (χ1v) is 2.87. The maximum absolute atomic E-state index is 10.6. The van der Waals surface area contributed by atoms with E-state index in [-0.39, 0.29) is 44.4 Å². The minimum atomic E-state index is -0.0347. The summed E-state index contributed by atoms with van der Waals surface area (Å²) in [4.78, 5) is 10.6. The molecule has 0 saturated carbocycles. The van der Waals surface area contributed by atoms with Gasteiger partial charge in [-0.05, 0) is 0 Å². The minimum Gasteiger partial charge on any atom is -0.336 e. The normalized spacial score (nSPS) is 11.9. The van der Waals surface area contributed by atoms with E-state index in [9.17, 15) is 4.79 Å². The van der Waals surface area contributed by atoms with Crippen molar-refractivity contribution in [2.24, 2.45) is 5.92 Å². The molecule has 0 spiro atoms. The summed E-state index contributed by atoms with van der Waals surface area (Å²) in [6, 6.07) is 0. The first-order valence-electron chi connectivity index (χ1n) is 2.87. The van der Waals surface area contributed by atoms with Gasteiger partial charge in [-0.15, -0.1) is 12.3 Å². The summed E-state index contributed by atoms with van der Waals surface area (Å²) in [5.74, 6) is 0.125. The fraction of sp³-hybridized carbons (Fsp3) is 0.571. The number of carbonyl (C=O) groups is 1. The van der Waals surface area contributed by atoms with Crippen LogP contribution in [0.4, 0.5) is 0 Å². The molecule has 1 atom stereocenters. The predicted octanol–water partition coefficient (Wildman–Crippen LogP) is 1.64. The number of hydrogen-bond donors (Lipinski definition) is 0. The molecular formula is C7H12OY-2. The van der Waals surface area contributed by atoms with Gasteiger partial charge in [0.15, 0.2) is 0 Å². The largest absolute Gasteiger partial charge is 0.336 e. The first-order chi connectivity index (χ1) is 3.72. The molecule has 1 radical (unpaired) electrons. The quantitative estimate of drug-likeness (QED) is 0.634. The molecule has 0 aliphatic rings. The number of Topliss-reactive ketones (excluding diaryl/α,β-unsaturated/α-hetero) is 1. The molecule has 2 heteroatoms. The SMILES string of the molecule is [CH2-]CC(=O)C([CH2-])CC.[Y]. The van der Waals surface area contributed by atoms with Crippen LogP contribution < -0.4 is 0 Å². The zero-order valence-corrected chi connectivity index (χ0v) is 8.73. The molecular weight excluding hydrogens is 189 g/mol. The topological polar surface area (TPSA) is 17.1 Å². The van der Waals surface area contributed by atoms with Gasteiger partial charge >= 0.3 is 0 Å². The van der Waals surface area contributed by atoms with E-state index in [1.165, 1.54) is 0 Å². The Morgan fingerprint density at radius 2 is 2.11 bits per heavy atom. The van der Waals surface area contributed by atoms with Gasteiger partial charge in [-0.1, -0.05) is 13.3 Å². The third-order valence-corrected chi connectivity index (χ3v) is 1.19. The average molecular weight is 201 g/mol. The van der Waals surface area contributed by atoms with E-state index < -0.39 is 0 Å². The van der Waals surface area contributed by atoms with Crippen LogP contribution in [0.25, 0.3) is 0 Å². The molecule has 0 fully saturated rings. The summed E-state index contributed by atoms with van der Waals surface area (Å²) >= 11 is 0. The smallest absolute Gasteiger partial charge is 0.0762 e. The van der Waals surface area contributed by atoms with Gasteiger partial charge in [-0.3, -0.25) is 0 Å². The Bertz CT molecular complexity index is 81.0. The van der Waals surface area contributed by atoms with Crippen LogP contribution in [0, 0.1) is 19.8 Å². The van der Waals surface area contributed by atoms with Crippen LogP contribution >= 0.6 is 0 Å². The number of hydrogen-bond acceptors (Lipinski definition) is 1. The summed E-state index contributed by atoms with van der Waals surface area (Å²) < 4.78 is 0. The van der Waals surface area contributed by atoms with Crippen molar-refractivity contribution in [3.63, 3.8) is 0 Å². The Morgan fingerprint density at radius 3 is 2.22 bits per heavy atom. The van der Waals surface area contributed by atoms with E-state index in [1.54, 1.807) is 0 Å². The van der Waals surface area contributed by atoms with Crippen molar-refractivity contribution < 1.29 is 37.5 Å². The predicted molar refractivity (Wildman–Crippen MR) is 34.1 cm³/mol. The Morgan fingerprint density at radius 1 is 1.67 bits per heavy atom. The van der Waals surface area contributed by atoms with Gasteiger partial charge in [-0.25, -0.2) is 0 Å². The van der Waals surface area contributed by atoms with Gasteiger partial charge < -0.3 is 18.6 Å². The van der Waals surface area contributed by atoms with Crippen molar-refractivity contribution in [3.05, 3.63) is 13.8 Å². The van der Waals surface area contributed by atoms with Crippen molar-refractivity contribution in [3.8, 4) is 0 Å². The standard InChI is InChI=1S/C7H12O.Y/c1-4-6(3)7(8)5-2;/h6H,2-5H2,1H3;/q-2;. The monoisotopic (exact) mass is 201 g/mol. The maximum Gasteiger partial charge on any atom is 0.0762 e. The molecule has 0 bridgehead atoms. The first kappa shape index (κ1) is 12.5. The van der Waals surface area contributed by atoms with Gasteiger partial charge in [0.25, 0.3) is 0 Å². The molecule has 0 aliphatic carbocycles. The summed E-state index contributed by atoms with van der Waals surface area (Å²) in [6.07, 6.45) is 1.20. The Balaban J connectivity index is 0. The molecule has 0 aliphatic heterocycles. The van der Waals surface area contributed by atoms with E-state index >= 15 is 0 Å². The van der Waals surface area contributed by atoms with Crippen LogP contribution in [0.3, 0.4) is 0 Å². The zero-order valence-electron chi connectivity index (χ0n) is 5.89. The molecule has 0 saturated heterocycles. The zero-order chi connectivity index (χ0) is 6.57. The second-order valence-corrected chi connectivity index (χ2v) is 1.82. The molecule has 0 aromatic carbocycles. The molecule has 9 heavy (non-hydrogen) atoms. The van der Waals surface area contributed by atoms with E-state index in [2.05, 4.69) is 13.8 Å². The van der Waals surface area contributed by atoms with Crippen molar-refractivity contribution >= 4 is 5.78 Å². The third-order valence-electron chi connectivity index (χ3n) is 1.19. The van der Waals surface area contributed by atoms with Gasteiger partial charge in [0.05, 0.1) is 5.78 Å². The summed E-state index contributed by atoms with van der Waals surface area (Å²) in [5.41, 5.74) is 0. The van der Waals surface area contributed by atoms with Crippen LogP contribution in [0.1, 0.15) is 19.8 Å². The van der Waals surface area contributed by atoms with Gasteiger partial charge in [0.2, 0.25) is 0 Å². The Kier molecular flexibility index (Phi) is 9.53. The average Bonchev–Trinajstić information content (AvgIpc) is 1.84. The van der Waals surface area contributed by atoms with Crippen molar-refractivity contribution in [2.45, 2.75) is 19.8 Å². The van der Waals surface area contributed by atoms with E-state index in [4.69, 9.17) is 0 Å². The van der Waals surface area contributed by atoms with E-state index in [0.29, 0.717) is 6.42 Å². The van der Waals surface area contributed by atoms with Gasteiger partial charge in [-0.2, -0.15) is 0 Å². The number of rotatable bonds is 3. The van der Waals surface area contributed by atoms with Crippen LogP contribution in [-0.4, -0.2) is 5.78 Å². The fourth-order valence-corrected chi connectivity index (χ4v) is 0.432. The summed E-state index contributed by atoms with van der Waals surface area (Å²) in [7, 11) is 0. The molecule has 51 valence electrons. The summed E-state index contributed by atoms with van der Waals surface area (Å²) in [6.45, 7) is 9.05. The molecule has 0 heterocycles. The van der Waals surface area contributed by atoms with E-state index in [1.807, 2.05) is 6.92 Å². The second-order valence-electron chi connectivity index (χ2n) is 1.82. The third kappa shape index (κ3) is 5.23. The van der Waals surface area contributed by atoms with Gasteiger partial charge in [0, 0.05) is 32.7 Å². The number of ketones is 1. The Labute approximate surface area is 82.5 Å². The van der Waals surface area contributed by atoms with Crippen LogP contribution in [0.2, 0.25) is 0 Å². The molecule has 0 aromatic rings. The van der Waals surface area contributed by atoms with E-state index in [0.717, 1.165) is 6.42 Å². The second kappa shape index (κ2) is 6.89. The van der Waals surface area contributed by atoms with Gasteiger partial charge in [0.1, 0.15) is 0 Å². The fourth-order valence-electron chi connectivity index (χ4n) is 0.432. The number of carbonyl (C=O) groups excluding carboxylic acids is 1. The molecule has 0 rings (SSSR count). The van der Waals surface area contributed by atoms with Crippen molar-refractivity contribution in [1.29, 1.82) is 0 Å².